The van der Waals surface area contributed by atoms with Gasteiger partial charge < -0.3 is 35.1 Å². The number of hydrogen-bond donors (Lipinski definition) is 7. The van der Waals surface area contributed by atoms with Gasteiger partial charge in [0.1, 0.15) is 36.6 Å². The van der Waals surface area contributed by atoms with Gasteiger partial charge in [-0.15, -0.1) is 0 Å². The minimum atomic E-state index is -5.31. The molecule has 0 saturated heterocycles. The summed E-state index contributed by atoms with van der Waals surface area (Å²) in [5, 5.41) is 39.7. The Kier molecular flexibility index (Phi) is 9.90. The van der Waals surface area contributed by atoms with Crippen molar-refractivity contribution in [2.24, 2.45) is 5.92 Å². The van der Waals surface area contributed by atoms with Crippen molar-refractivity contribution in [1.82, 2.24) is 0 Å². The molecule has 1 fully saturated rings. The van der Waals surface area contributed by atoms with Crippen LogP contribution in [0.2, 0.25) is 0 Å². The zero-order valence-corrected chi connectivity index (χ0v) is 17.1. The van der Waals surface area contributed by atoms with Crippen molar-refractivity contribution in [1.29, 1.82) is 0 Å². The van der Waals surface area contributed by atoms with Gasteiger partial charge in [-0.3, -0.25) is 32.7 Å². The van der Waals surface area contributed by atoms with Crippen molar-refractivity contribution in [3.8, 4) is 0 Å². The third-order valence-corrected chi connectivity index (χ3v) is 5.60. The Bertz CT molecular complexity index is 761. The number of aliphatic hydroxyl groups is 4. The summed E-state index contributed by atoms with van der Waals surface area (Å²) in [6.07, 6.45) is -15.0. The molecular weight excluding hydrogens is 474 g/mol. The summed E-state index contributed by atoms with van der Waals surface area (Å²) in [5.74, 6) is -4.02. The standard InChI is InChI=1S/C13H20O16P2/c14-2-6(16)1-5(7(17)3-15)4-27-31(25,26)29-13-10(20)8(18)12(9(19)11(13)21)28-30(22,23)24/h2-3,5,8-13,18-21H,1,4H2,(H,25,26)(H2,22,23,24)/t5-,8-,9+,10?,11-,12?,13?/m1/s1. The summed E-state index contributed by atoms with van der Waals surface area (Å²) < 4.78 is 36.0. The molecule has 8 atom stereocenters. The average molecular weight is 494 g/mol. The Morgan fingerprint density at radius 3 is 1.68 bits per heavy atom. The zero-order valence-electron chi connectivity index (χ0n) is 15.3. The maximum atomic E-state index is 12.1. The molecule has 0 radical (unpaired) electrons. The van der Waals surface area contributed by atoms with E-state index in [1.807, 2.05) is 0 Å². The molecule has 31 heavy (non-hydrogen) atoms. The van der Waals surface area contributed by atoms with Crippen LogP contribution >= 0.6 is 15.6 Å². The van der Waals surface area contributed by atoms with Crippen LogP contribution in [0.4, 0.5) is 0 Å². The zero-order chi connectivity index (χ0) is 24.1. The van der Waals surface area contributed by atoms with E-state index in [0.717, 1.165) is 0 Å². The number of ketones is 2. The summed E-state index contributed by atoms with van der Waals surface area (Å²) in [6, 6.07) is 0. The molecule has 0 aliphatic heterocycles. The molecule has 1 aliphatic carbocycles. The second kappa shape index (κ2) is 11.0. The van der Waals surface area contributed by atoms with E-state index >= 15 is 0 Å². The Labute approximate surface area is 173 Å². The van der Waals surface area contributed by atoms with E-state index in [2.05, 4.69) is 13.6 Å². The van der Waals surface area contributed by atoms with Gasteiger partial charge >= 0.3 is 15.6 Å². The van der Waals surface area contributed by atoms with E-state index in [9.17, 15) is 53.6 Å². The molecule has 1 saturated carbocycles. The number of phosphoric ester groups is 2. The van der Waals surface area contributed by atoms with Crippen LogP contribution in [0.25, 0.3) is 0 Å². The summed E-state index contributed by atoms with van der Waals surface area (Å²) in [5.41, 5.74) is 0. The predicted molar refractivity (Wildman–Crippen MR) is 91.8 cm³/mol. The monoisotopic (exact) mass is 494 g/mol. The number of Topliss-reactive ketones (excluding diaryl/α,β-unsaturated/α-hetero) is 2. The second-order valence-corrected chi connectivity index (χ2v) is 8.96. The van der Waals surface area contributed by atoms with Crippen LogP contribution in [0.1, 0.15) is 6.42 Å². The van der Waals surface area contributed by atoms with Gasteiger partial charge in [0.15, 0.2) is 18.4 Å². The van der Waals surface area contributed by atoms with Crippen molar-refractivity contribution in [3.05, 3.63) is 0 Å². The molecule has 0 bridgehead atoms. The van der Waals surface area contributed by atoms with Crippen molar-refractivity contribution < 1.29 is 77.0 Å². The normalized spacial score (nSPS) is 32.0. The van der Waals surface area contributed by atoms with Crippen LogP contribution in [0.15, 0.2) is 0 Å². The molecule has 0 heterocycles. The van der Waals surface area contributed by atoms with Gasteiger partial charge in [0.05, 0.1) is 12.5 Å². The minimum absolute atomic E-state index is 0.159. The third kappa shape index (κ3) is 7.98. The SMILES string of the molecule is O=CC(=O)C[C@H](COP(=O)(O)OC1C(O)[C@@H](O)C(OP(=O)(O)O)[C@@H](O)[C@H]1O)C(=O)C=O. The fourth-order valence-corrected chi connectivity index (χ4v) is 4.14. The molecule has 0 aromatic rings. The molecule has 1 rings (SSSR count). The van der Waals surface area contributed by atoms with Crippen LogP contribution in [0.3, 0.4) is 0 Å². The molecule has 0 amide bonds. The highest BCUT2D eigenvalue weighted by Crippen LogP contribution is 2.48. The fraction of sp³-hybridized carbons (Fsp3) is 0.692. The summed E-state index contributed by atoms with van der Waals surface area (Å²) >= 11 is 0. The fourth-order valence-electron chi connectivity index (χ4n) is 2.59. The van der Waals surface area contributed by atoms with Gasteiger partial charge in [-0.1, -0.05) is 0 Å². The number of aliphatic hydroxyl groups excluding tert-OH is 4. The highest BCUT2D eigenvalue weighted by Gasteiger charge is 2.54. The summed E-state index contributed by atoms with van der Waals surface area (Å²) in [6.45, 7) is -1.08. The van der Waals surface area contributed by atoms with Gasteiger partial charge in [-0.2, -0.15) is 0 Å². The number of phosphoric acid groups is 2. The van der Waals surface area contributed by atoms with Crippen LogP contribution < -0.4 is 0 Å². The Balaban J connectivity index is 2.91. The molecule has 4 unspecified atom stereocenters. The molecule has 7 N–H and O–H groups in total. The number of hydrogen-bond acceptors (Lipinski definition) is 13. The molecule has 1 aliphatic rings. The van der Waals surface area contributed by atoms with Gasteiger partial charge in [0.2, 0.25) is 5.78 Å². The smallest absolute Gasteiger partial charge is 0.387 e. The number of aldehydes is 2. The lowest BCUT2D eigenvalue weighted by Gasteiger charge is -2.43. The lowest BCUT2D eigenvalue weighted by atomic mass is 9.85. The molecule has 18 heteroatoms. The molecule has 0 aromatic carbocycles. The van der Waals surface area contributed by atoms with Gasteiger partial charge in [0, 0.05) is 6.42 Å². The van der Waals surface area contributed by atoms with E-state index in [0.29, 0.717) is 0 Å². The Hall–Kier alpha value is -1.26. The highest BCUT2D eigenvalue weighted by atomic mass is 31.2. The van der Waals surface area contributed by atoms with Crippen molar-refractivity contribution in [2.45, 2.75) is 43.0 Å². The molecular formula is C13H20O16P2. The predicted octanol–water partition coefficient (Wildman–Crippen LogP) is -4.03. The van der Waals surface area contributed by atoms with Crippen LogP contribution in [0.5, 0.6) is 0 Å². The van der Waals surface area contributed by atoms with Crippen molar-refractivity contribution in [3.63, 3.8) is 0 Å². The van der Waals surface area contributed by atoms with Gasteiger partial charge in [-0.05, 0) is 0 Å². The minimum Gasteiger partial charge on any atom is -0.387 e. The van der Waals surface area contributed by atoms with Crippen LogP contribution in [-0.4, -0.2) is 102 Å². The first-order chi connectivity index (χ1) is 14.1. The number of carbonyl (C=O) groups excluding carboxylic acids is 4. The first kappa shape index (κ1) is 27.8. The summed E-state index contributed by atoms with van der Waals surface area (Å²) in [4.78, 5) is 70.8. The van der Waals surface area contributed by atoms with Crippen molar-refractivity contribution >= 4 is 39.8 Å². The van der Waals surface area contributed by atoms with E-state index in [-0.39, 0.29) is 12.6 Å². The molecule has 0 aromatic heterocycles. The number of carbonyl (C=O) groups is 4. The highest BCUT2D eigenvalue weighted by molar-refractivity contribution is 7.47. The second-order valence-electron chi connectivity index (χ2n) is 6.36. The number of rotatable bonds is 12. The average Bonchev–Trinajstić information content (AvgIpc) is 2.68. The molecule has 16 nitrogen and oxygen atoms in total. The maximum absolute atomic E-state index is 12.1. The lowest BCUT2D eigenvalue weighted by molar-refractivity contribution is -0.216. The van der Waals surface area contributed by atoms with Gasteiger partial charge in [-0.25, -0.2) is 9.13 Å². The maximum Gasteiger partial charge on any atom is 0.472 e. The third-order valence-electron chi connectivity index (χ3n) is 4.10. The van der Waals surface area contributed by atoms with E-state index in [1.54, 1.807) is 0 Å². The van der Waals surface area contributed by atoms with E-state index in [4.69, 9.17) is 9.79 Å². The van der Waals surface area contributed by atoms with E-state index < -0.39 is 82.8 Å². The molecule has 178 valence electrons. The Morgan fingerprint density at radius 2 is 1.29 bits per heavy atom. The largest absolute Gasteiger partial charge is 0.472 e. The van der Waals surface area contributed by atoms with E-state index in [1.165, 1.54) is 0 Å². The molecule has 0 spiro atoms. The Morgan fingerprint density at radius 1 is 0.839 bits per heavy atom. The van der Waals surface area contributed by atoms with Crippen LogP contribution in [-0.2, 0) is 41.9 Å². The summed E-state index contributed by atoms with van der Waals surface area (Å²) in [7, 11) is -10.6. The first-order valence-corrected chi connectivity index (χ1v) is 11.2. The van der Waals surface area contributed by atoms with Gasteiger partial charge in [0.25, 0.3) is 0 Å². The quantitative estimate of drug-likeness (QED) is 0.0772. The topological polar surface area (TPSA) is 272 Å². The van der Waals surface area contributed by atoms with Crippen molar-refractivity contribution in [2.75, 3.05) is 6.61 Å². The lowest BCUT2D eigenvalue weighted by Crippen LogP contribution is -2.64. The first-order valence-electron chi connectivity index (χ1n) is 8.22. The van der Waals surface area contributed by atoms with Crippen LogP contribution in [0, 0.1) is 5.92 Å².